The highest BCUT2D eigenvalue weighted by Crippen LogP contribution is 2.26. The van der Waals surface area contributed by atoms with Crippen molar-refractivity contribution in [3.8, 4) is 5.75 Å². The number of amides is 1. The van der Waals surface area contributed by atoms with Gasteiger partial charge in [-0.1, -0.05) is 6.07 Å². The molecule has 2 N–H and O–H groups in total. The quantitative estimate of drug-likeness (QED) is 0.650. The SMILES string of the molecule is Cn1c(=S)[nH]c2cc(C(=O)Nc3cccc(OC4CCCC4)c3)ccc2c1=O. The average molecular weight is 395 g/mol. The van der Waals surface area contributed by atoms with Crippen molar-refractivity contribution in [1.82, 2.24) is 9.55 Å². The summed E-state index contributed by atoms with van der Waals surface area (Å²) < 4.78 is 7.67. The molecule has 1 amide bonds. The van der Waals surface area contributed by atoms with Gasteiger partial charge in [0, 0.05) is 24.4 Å². The zero-order valence-electron chi connectivity index (χ0n) is 15.5. The number of rotatable bonds is 4. The summed E-state index contributed by atoms with van der Waals surface area (Å²) in [5.74, 6) is 0.496. The molecule has 1 aliphatic rings. The minimum atomic E-state index is -0.264. The second-order valence-electron chi connectivity index (χ2n) is 7.06. The van der Waals surface area contributed by atoms with E-state index in [0.29, 0.717) is 26.9 Å². The number of fused-ring (bicyclic) bond motifs is 1. The summed E-state index contributed by atoms with van der Waals surface area (Å²) in [7, 11) is 1.61. The lowest BCUT2D eigenvalue weighted by molar-refractivity contribution is 0.102. The van der Waals surface area contributed by atoms with Crippen LogP contribution in [0.4, 0.5) is 5.69 Å². The van der Waals surface area contributed by atoms with Gasteiger partial charge in [-0.15, -0.1) is 0 Å². The Kier molecular flexibility index (Phi) is 5.00. The van der Waals surface area contributed by atoms with Crippen LogP contribution in [0.5, 0.6) is 5.75 Å². The largest absolute Gasteiger partial charge is 0.490 e. The van der Waals surface area contributed by atoms with Gasteiger partial charge in [0.1, 0.15) is 5.75 Å². The third kappa shape index (κ3) is 3.71. The van der Waals surface area contributed by atoms with Crippen LogP contribution in [0, 0.1) is 4.77 Å². The fourth-order valence-electron chi connectivity index (χ4n) is 3.50. The summed E-state index contributed by atoms with van der Waals surface area (Å²) in [6.45, 7) is 0. The fraction of sp³-hybridized carbons (Fsp3) is 0.286. The smallest absolute Gasteiger partial charge is 0.261 e. The number of carbonyl (C=O) groups is 1. The third-order valence-corrected chi connectivity index (χ3v) is 5.44. The van der Waals surface area contributed by atoms with E-state index in [0.717, 1.165) is 18.6 Å². The van der Waals surface area contributed by atoms with Gasteiger partial charge in [0.25, 0.3) is 11.5 Å². The summed E-state index contributed by atoms with van der Waals surface area (Å²) in [5.41, 5.74) is 1.45. The van der Waals surface area contributed by atoms with Crippen LogP contribution < -0.4 is 15.6 Å². The summed E-state index contributed by atoms with van der Waals surface area (Å²) >= 11 is 5.15. The molecule has 3 aromatic rings. The Morgan fingerprint density at radius 3 is 2.79 bits per heavy atom. The molecule has 4 rings (SSSR count). The van der Waals surface area contributed by atoms with E-state index in [9.17, 15) is 9.59 Å². The Hall–Kier alpha value is -2.93. The van der Waals surface area contributed by atoms with Crippen LogP contribution in [-0.4, -0.2) is 21.6 Å². The number of carbonyl (C=O) groups excluding carboxylic acids is 1. The van der Waals surface area contributed by atoms with Gasteiger partial charge in [-0.2, -0.15) is 0 Å². The molecule has 6 nitrogen and oxygen atoms in total. The minimum Gasteiger partial charge on any atom is -0.490 e. The van der Waals surface area contributed by atoms with Gasteiger partial charge < -0.3 is 15.0 Å². The molecule has 0 radical (unpaired) electrons. The highest BCUT2D eigenvalue weighted by Gasteiger charge is 2.17. The van der Waals surface area contributed by atoms with Gasteiger partial charge in [-0.05, 0) is 68.2 Å². The molecular formula is C21H21N3O3S. The Balaban J connectivity index is 1.56. The maximum absolute atomic E-state index is 12.7. The van der Waals surface area contributed by atoms with E-state index < -0.39 is 0 Å². The lowest BCUT2D eigenvalue weighted by Gasteiger charge is -2.14. The van der Waals surface area contributed by atoms with Crippen molar-refractivity contribution >= 4 is 34.7 Å². The predicted molar refractivity (Wildman–Crippen MR) is 112 cm³/mol. The molecule has 1 fully saturated rings. The van der Waals surface area contributed by atoms with Gasteiger partial charge in [0.05, 0.1) is 17.0 Å². The van der Waals surface area contributed by atoms with Crippen LogP contribution in [-0.2, 0) is 7.05 Å². The maximum Gasteiger partial charge on any atom is 0.261 e. The molecule has 0 bridgehead atoms. The molecule has 7 heteroatoms. The molecule has 144 valence electrons. The van der Waals surface area contributed by atoms with Crippen LogP contribution in [0.1, 0.15) is 36.0 Å². The third-order valence-electron chi connectivity index (χ3n) is 5.06. The number of nitrogens with one attached hydrogen (secondary N) is 2. The van der Waals surface area contributed by atoms with Gasteiger partial charge in [0.15, 0.2) is 4.77 Å². The van der Waals surface area contributed by atoms with Crippen molar-refractivity contribution in [3.63, 3.8) is 0 Å². The van der Waals surface area contributed by atoms with E-state index in [1.54, 1.807) is 25.2 Å². The number of aromatic amines is 1. The number of aromatic nitrogens is 2. The second kappa shape index (κ2) is 7.59. The number of ether oxygens (including phenoxy) is 1. The number of hydrogen-bond donors (Lipinski definition) is 2. The molecule has 1 aliphatic carbocycles. The first-order valence-electron chi connectivity index (χ1n) is 9.32. The topological polar surface area (TPSA) is 76.1 Å². The van der Waals surface area contributed by atoms with Gasteiger partial charge in [0.2, 0.25) is 0 Å². The second-order valence-corrected chi connectivity index (χ2v) is 7.45. The molecule has 0 spiro atoms. The summed E-state index contributed by atoms with van der Waals surface area (Å²) in [6, 6.07) is 12.3. The first-order chi connectivity index (χ1) is 13.5. The molecule has 0 unspecified atom stereocenters. The van der Waals surface area contributed by atoms with Crippen LogP contribution >= 0.6 is 12.2 Å². The van der Waals surface area contributed by atoms with E-state index in [4.69, 9.17) is 17.0 Å². The molecule has 0 atom stereocenters. The Bertz CT molecular complexity index is 1160. The molecule has 28 heavy (non-hydrogen) atoms. The maximum atomic E-state index is 12.7. The monoisotopic (exact) mass is 395 g/mol. The van der Waals surface area contributed by atoms with Crippen molar-refractivity contribution in [2.45, 2.75) is 31.8 Å². The molecule has 2 aromatic carbocycles. The van der Waals surface area contributed by atoms with Crippen LogP contribution in [0.3, 0.4) is 0 Å². The minimum absolute atomic E-state index is 0.192. The molecule has 0 saturated heterocycles. The first kappa shape index (κ1) is 18.4. The number of benzene rings is 2. The zero-order chi connectivity index (χ0) is 19.7. The van der Waals surface area contributed by atoms with Crippen LogP contribution in [0.25, 0.3) is 10.9 Å². The van der Waals surface area contributed by atoms with E-state index in [-0.39, 0.29) is 17.6 Å². The number of H-pyrrole nitrogens is 1. The summed E-state index contributed by atoms with van der Waals surface area (Å²) in [5, 5.41) is 3.37. The number of nitrogens with zero attached hydrogens (tertiary/aromatic N) is 1. The van der Waals surface area contributed by atoms with Crippen LogP contribution in [0.15, 0.2) is 47.3 Å². The van der Waals surface area contributed by atoms with E-state index >= 15 is 0 Å². The summed E-state index contributed by atoms with van der Waals surface area (Å²) in [6.07, 6.45) is 4.82. The van der Waals surface area contributed by atoms with Crippen molar-refractivity contribution in [2.24, 2.45) is 7.05 Å². The van der Waals surface area contributed by atoms with Crippen molar-refractivity contribution in [3.05, 3.63) is 63.2 Å². The molecule has 1 aromatic heterocycles. The average Bonchev–Trinajstić information content (AvgIpc) is 3.19. The zero-order valence-corrected chi connectivity index (χ0v) is 16.3. The highest BCUT2D eigenvalue weighted by molar-refractivity contribution is 7.71. The molecule has 1 heterocycles. The highest BCUT2D eigenvalue weighted by atomic mass is 32.1. The van der Waals surface area contributed by atoms with E-state index in [1.807, 2.05) is 24.3 Å². The molecular weight excluding hydrogens is 374 g/mol. The van der Waals surface area contributed by atoms with Crippen LogP contribution in [0.2, 0.25) is 0 Å². The lowest BCUT2D eigenvalue weighted by atomic mass is 10.1. The van der Waals surface area contributed by atoms with Crippen molar-refractivity contribution in [1.29, 1.82) is 0 Å². The summed E-state index contributed by atoms with van der Waals surface area (Å²) in [4.78, 5) is 27.9. The Morgan fingerprint density at radius 1 is 1.21 bits per heavy atom. The lowest BCUT2D eigenvalue weighted by Crippen LogP contribution is -2.19. The van der Waals surface area contributed by atoms with E-state index in [2.05, 4.69) is 10.3 Å². The Morgan fingerprint density at radius 2 is 2.00 bits per heavy atom. The standard InChI is InChI=1S/C21H21N3O3S/c1-24-20(26)17-10-9-13(11-18(17)23-21(24)28)19(25)22-14-5-4-8-16(12-14)27-15-6-2-3-7-15/h4-5,8-12,15H,2-3,6-7H2,1H3,(H,22,25)(H,23,28). The normalized spacial score (nSPS) is 14.3. The Labute approximate surface area is 167 Å². The first-order valence-corrected chi connectivity index (χ1v) is 9.73. The van der Waals surface area contributed by atoms with Crippen molar-refractivity contribution < 1.29 is 9.53 Å². The fourth-order valence-corrected chi connectivity index (χ4v) is 3.69. The molecule has 1 saturated carbocycles. The van der Waals surface area contributed by atoms with Gasteiger partial charge in [-0.25, -0.2) is 0 Å². The van der Waals surface area contributed by atoms with Gasteiger partial charge in [-0.3, -0.25) is 14.2 Å². The van der Waals surface area contributed by atoms with Gasteiger partial charge >= 0.3 is 0 Å². The number of anilines is 1. The molecule has 0 aliphatic heterocycles. The number of hydrogen-bond acceptors (Lipinski definition) is 4. The van der Waals surface area contributed by atoms with Crippen molar-refractivity contribution in [2.75, 3.05) is 5.32 Å². The van der Waals surface area contributed by atoms with E-state index in [1.165, 1.54) is 17.4 Å². The predicted octanol–water partition coefficient (Wildman–Crippen LogP) is 4.17.